The van der Waals surface area contributed by atoms with Crippen LogP contribution in [0.5, 0.6) is 0 Å². The van der Waals surface area contributed by atoms with Crippen LogP contribution in [0, 0.1) is 18.6 Å². The summed E-state index contributed by atoms with van der Waals surface area (Å²) in [6.07, 6.45) is 0. The number of hydrazine groups is 1. The number of pyridine rings is 1. The zero-order chi connectivity index (χ0) is 19.4. The standard InChI is InChI=1S/C17H17ClF2N4O2/c1-8(2)21-15-5-10(4-9(3)22-15)16(25)23-24-17(26)11-6-13(19)14(20)7-12(11)18/h4-8H,1-3H3,(H,21,22)(H,23,25)(H,24,26). The number of anilines is 1. The smallest absolute Gasteiger partial charge is 0.271 e. The van der Waals surface area contributed by atoms with Crippen molar-refractivity contribution in [2.24, 2.45) is 0 Å². The van der Waals surface area contributed by atoms with Crippen molar-refractivity contribution in [3.8, 4) is 0 Å². The lowest BCUT2D eigenvalue weighted by molar-refractivity contribution is 0.0846. The fourth-order valence-electron chi connectivity index (χ4n) is 2.12. The Morgan fingerprint density at radius 3 is 2.31 bits per heavy atom. The molecule has 0 aliphatic rings. The SMILES string of the molecule is Cc1cc(C(=O)NNC(=O)c2cc(F)c(F)cc2Cl)cc(NC(C)C)n1. The Bertz CT molecular complexity index is 859. The quantitative estimate of drug-likeness (QED) is 0.560. The van der Waals surface area contributed by atoms with E-state index in [1.165, 1.54) is 12.1 Å². The van der Waals surface area contributed by atoms with Crippen LogP contribution in [0.4, 0.5) is 14.6 Å². The lowest BCUT2D eigenvalue weighted by Gasteiger charge is -2.12. The van der Waals surface area contributed by atoms with Crippen molar-refractivity contribution in [3.05, 3.63) is 57.7 Å². The average Bonchev–Trinajstić information content (AvgIpc) is 2.54. The molecule has 0 atom stereocenters. The molecule has 0 aliphatic heterocycles. The molecule has 9 heteroatoms. The van der Waals surface area contributed by atoms with E-state index in [9.17, 15) is 18.4 Å². The average molecular weight is 383 g/mol. The van der Waals surface area contributed by atoms with Crippen molar-refractivity contribution in [1.82, 2.24) is 15.8 Å². The van der Waals surface area contributed by atoms with E-state index in [1.54, 1.807) is 6.92 Å². The number of hydrogen-bond donors (Lipinski definition) is 3. The molecule has 0 bridgehead atoms. The molecule has 138 valence electrons. The van der Waals surface area contributed by atoms with Gasteiger partial charge in [0.1, 0.15) is 5.82 Å². The minimum atomic E-state index is -1.22. The third kappa shape index (κ3) is 4.89. The van der Waals surface area contributed by atoms with Gasteiger partial charge in [-0.3, -0.25) is 20.4 Å². The van der Waals surface area contributed by atoms with Gasteiger partial charge in [0.25, 0.3) is 11.8 Å². The summed E-state index contributed by atoms with van der Waals surface area (Å²) in [5, 5.41) is 2.80. The Hall–Kier alpha value is -2.74. The van der Waals surface area contributed by atoms with Crippen LogP contribution in [0.25, 0.3) is 0 Å². The maximum Gasteiger partial charge on any atom is 0.271 e. The molecule has 2 rings (SSSR count). The van der Waals surface area contributed by atoms with Crippen LogP contribution in [-0.2, 0) is 0 Å². The Balaban J connectivity index is 2.10. The number of carbonyl (C=O) groups excluding carboxylic acids is 2. The van der Waals surface area contributed by atoms with Crippen molar-refractivity contribution in [1.29, 1.82) is 0 Å². The molecule has 1 aromatic carbocycles. The summed E-state index contributed by atoms with van der Waals surface area (Å²) in [5.74, 6) is -3.36. The number of rotatable bonds is 4. The second-order valence-electron chi connectivity index (χ2n) is 5.84. The van der Waals surface area contributed by atoms with Crippen LogP contribution in [0.3, 0.4) is 0 Å². The molecule has 0 unspecified atom stereocenters. The van der Waals surface area contributed by atoms with Crippen LogP contribution in [0.1, 0.15) is 40.3 Å². The first kappa shape index (κ1) is 19.6. The summed E-state index contributed by atoms with van der Waals surface area (Å²) in [5.41, 5.74) is 4.87. The molecule has 26 heavy (non-hydrogen) atoms. The molecule has 0 aliphatic carbocycles. The second kappa shape index (κ2) is 8.09. The molecule has 6 nitrogen and oxygen atoms in total. The summed E-state index contributed by atoms with van der Waals surface area (Å²) in [6, 6.07) is 4.52. The summed E-state index contributed by atoms with van der Waals surface area (Å²) in [4.78, 5) is 28.5. The summed E-state index contributed by atoms with van der Waals surface area (Å²) in [7, 11) is 0. The number of amides is 2. The zero-order valence-electron chi connectivity index (χ0n) is 14.3. The largest absolute Gasteiger partial charge is 0.368 e. The Morgan fingerprint density at radius 2 is 1.65 bits per heavy atom. The highest BCUT2D eigenvalue weighted by Gasteiger charge is 2.16. The predicted molar refractivity (Wildman–Crippen MR) is 94.0 cm³/mol. The van der Waals surface area contributed by atoms with Crippen molar-refractivity contribution in [2.75, 3.05) is 5.32 Å². The third-order valence-electron chi connectivity index (χ3n) is 3.20. The molecule has 1 heterocycles. The van der Waals surface area contributed by atoms with Crippen molar-refractivity contribution in [3.63, 3.8) is 0 Å². The predicted octanol–water partition coefficient (Wildman–Crippen LogP) is 3.22. The first-order chi connectivity index (χ1) is 12.2. The number of nitrogens with one attached hydrogen (secondary N) is 3. The van der Waals surface area contributed by atoms with Gasteiger partial charge in [0.05, 0.1) is 10.6 Å². The first-order valence-corrected chi connectivity index (χ1v) is 8.05. The minimum Gasteiger partial charge on any atom is -0.368 e. The van der Waals surface area contributed by atoms with Gasteiger partial charge in [-0.2, -0.15) is 0 Å². The maximum atomic E-state index is 13.3. The number of aromatic nitrogens is 1. The van der Waals surface area contributed by atoms with Gasteiger partial charge in [0, 0.05) is 17.3 Å². The second-order valence-corrected chi connectivity index (χ2v) is 6.24. The van der Waals surface area contributed by atoms with Gasteiger partial charge in [-0.25, -0.2) is 13.8 Å². The van der Waals surface area contributed by atoms with Crippen molar-refractivity contribution >= 4 is 29.2 Å². The molecular formula is C17H17ClF2N4O2. The molecule has 0 saturated heterocycles. The van der Waals surface area contributed by atoms with E-state index < -0.39 is 23.4 Å². The minimum absolute atomic E-state index is 0.121. The highest BCUT2D eigenvalue weighted by atomic mass is 35.5. The first-order valence-electron chi connectivity index (χ1n) is 7.68. The van der Waals surface area contributed by atoms with Gasteiger partial charge in [0.15, 0.2) is 11.6 Å². The Kier molecular flexibility index (Phi) is 6.10. The summed E-state index contributed by atoms with van der Waals surface area (Å²) >= 11 is 5.72. The van der Waals surface area contributed by atoms with Crippen LogP contribution < -0.4 is 16.2 Å². The summed E-state index contributed by atoms with van der Waals surface area (Å²) < 4.78 is 26.3. The number of carbonyl (C=O) groups is 2. The normalized spacial score (nSPS) is 10.6. The number of halogens is 3. The van der Waals surface area contributed by atoms with Gasteiger partial charge in [-0.1, -0.05) is 11.6 Å². The molecular weight excluding hydrogens is 366 g/mol. The fraction of sp³-hybridized carbons (Fsp3) is 0.235. The number of nitrogens with zero attached hydrogens (tertiary/aromatic N) is 1. The topological polar surface area (TPSA) is 83.1 Å². The van der Waals surface area contributed by atoms with E-state index in [0.717, 1.165) is 0 Å². The monoisotopic (exact) mass is 382 g/mol. The molecule has 1 aromatic heterocycles. The molecule has 0 spiro atoms. The Morgan fingerprint density at radius 1 is 1.04 bits per heavy atom. The van der Waals surface area contributed by atoms with E-state index in [0.29, 0.717) is 23.6 Å². The molecule has 2 aromatic rings. The summed E-state index contributed by atoms with van der Waals surface area (Å²) in [6.45, 7) is 5.58. The highest BCUT2D eigenvalue weighted by molar-refractivity contribution is 6.33. The van der Waals surface area contributed by atoms with Gasteiger partial charge < -0.3 is 5.32 Å². The highest BCUT2D eigenvalue weighted by Crippen LogP contribution is 2.19. The molecule has 3 N–H and O–H groups in total. The van der Waals surface area contributed by atoms with Gasteiger partial charge in [0.2, 0.25) is 0 Å². The fourth-order valence-corrected chi connectivity index (χ4v) is 2.36. The maximum absolute atomic E-state index is 13.3. The van der Waals surface area contributed by atoms with E-state index in [1.807, 2.05) is 13.8 Å². The van der Waals surface area contributed by atoms with E-state index in [-0.39, 0.29) is 22.2 Å². The Labute approximate surface area is 153 Å². The molecule has 0 saturated carbocycles. The third-order valence-corrected chi connectivity index (χ3v) is 3.51. The van der Waals surface area contributed by atoms with E-state index >= 15 is 0 Å². The molecule has 0 fully saturated rings. The van der Waals surface area contributed by atoms with Crippen LogP contribution >= 0.6 is 11.6 Å². The van der Waals surface area contributed by atoms with Crippen molar-refractivity contribution in [2.45, 2.75) is 26.8 Å². The van der Waals surface area contributed by atoms with Crippen molar-refractivity contribution < 1.29 is 18.4 Å². The molecule has 2 amide bonds. The van der Waals surface area contributed by atoms with Gasteiger partial charge in [-0.05, 0) is 45.0 Å². The van der Waals surface area contributed by atoms with Gasteiger partial charge >= 0.3 is 0 Å². The van der Waals surface area contributed by atoms with Crippen LogP contribution in [-0.4, -0.2) is 22.8 Å². The van der Waals surface area contributed by atoms with Crippen LogP contribution in [0.2, 0.25) is 5.02 Å². The van der Waals surface area contributed by atoms with E-state index in [2.05, 4.69) is 21.2 Å². The van der Waals surface area contributed by atoms with Gasteiger partial charge in [-0.15, -0.1) is 0 Å². The lowest BCUT2D eigenvalue weighted by atomic mass is 10.2. The van der Waals surface area contributed by atoms with Crippen LogP contribution in [0.15, 0.2) is 24.3 Å². The number of hydrogen-bond acceptors (Lipinski definition) is 4. The zero-order valence-corrected chi connectivity index (χ0v) is 15.0. The molecule has 0 radical (unpaired) electrons. The lowest BCUT2D eigenvalue weighted by Crippen LogP contribution is -2.41. The van der Waals surface area contributed by atoms with E-state index in [4.69, 9.17) is 11.6 Å². The number of benzene rings is 1. The number of aryl methyl sites for hydroxylation is 1.